The number of carbonyl (C=O) groups is 1. The fourth-order valence-corrected chi connectivity index (χ4v) is 1.57. The maximum absolute atomic E-state index is 11.9. The van der Waals surface area contributed by atoms with E-state index in [0.29, 0.717) is 18.8 Å². The highest BCUT2D eigenvalue weighted by Gasteiger charge is 2.13. The number of amides is 1. The van der Waals surface area contributed by atoms with Crippen molar-refractivity contribution >= 4 is 29.2 Å². The summed E-state index contributed by atoms with van der Waals surface area (Å²) in [5.74, 6) is 0.104. The van der Waals surface area contributed by atoms with Crippen LogP contribution in [0.4, 0.5) is 0 Å². The number of carbonyl (C=O) groups excluding carboxylic acids is 1. The summed E-state index contributed by atoms with van der Waals surface area (Å²) in [5.41, 5.74) is 6.79. The van der Waals surface area contributed by atoms with Gasteiger partial charge in [-0.15, -0.1) is 12.4 Å². The Balaban J connectivity index is 0.00000162. The van der Waals surface area contributed by atoms with Gasteiger partial charge in [-0.05, 0) is 18.5 Å². The molecule has 0 saturated carbocycles. The van der Waals surface area contributed by atoms with Gasteiger partial charge in [-0.2, -0.15) is 5.10 Å². The quantitative estimate of drug-likeness (QED) is 0.782. The molecule has 4 N–H and O–H groups in total. The second-order valence-electron chi connectivity index (χ2n) is 4.17. The molecule has 1 amide bonds. The van der Waals surface area contributed by atoms with E-state index in [-0.39, 0.29) is 24.2 Å². The van der Waals surface area contributed by atoms with Gasteiger partial charge in [0, 0.05) is 11.9 Å². The minimum Gasteiger partial charge on any atom is -0.350 e. The van der Waals surface area contributed by atoms with Gasteiger partial charge in [-0.1, -0.05) is 25.1 Å². The zero-order valence-corrected chi connectivity index (χ0v) is 11.0. The normalized spacial score (nSPS) is 11.9. The Morgan fingerprint density at radius 3 is 2.94 bits per heavy atom. The topological polar surface area (TPSA) is 83.8 Å². The van der Waals surface area contributed by atoms with E-state index in [4.69, 9.17) is 5.73 Å². The van der Waals surface area contributed by atoms with Gasteiger partial charge in [0.05, 0.1) is 5.52 Å². The molecule has 0 fully saturated rings. The molecule has 1 aromatic carbocycles. The largest absolute Gasteiger partial charge is 0.350 e. The smallest absolute Gasteiger partial charge is 0.272 e. The van der Waals surface area contributed by atoms with Gasteiger partial charge in [-0.3, -0.25) is 9.89 Å². The lowest BCUT2D eigenvalue weighted by Gasteiger charge is -2.08. The Labute approximate surface area is 112 Å². The highest BCUT2D eigenvalue weighted by atomic mass is 35.5. The highest BCUT2D eigenvalue weighted by Crippen LogP contribution is 2.14. The second kappa shape index (κ2) is 6.37. The first-order chi connectivity index (χ1) is 8.22. The molecule has 2 rings (SSSR count). The van der Waals surface area contributed by atoms with Crippen LogP contribution in [0.2, 0.25) is 0 Å². The zero-order chi connectivity index (χ0) is 12.3. The number of benzene rings is 1. The summed E-state index contributed by atoms with van der Waals surface area (Å²) in [7, 11) is 0. The van der Waals surface area contributed by atoms with Crippen LogP contribution >= 0.6 is 12.4 Å². The van der Waals surface area contributed by atoms with Crippen molar-refractivity contribution in [3.8, 4) is 0 Å². The van der Waals surface area contributed by atoms with E-state index >= 15 is 0 Å². The number of nitrogens with zero attached hydrogens (tertiary/aromatic N) is 1. The van der Waals surface area contributed by atoms with E-state index in [1.54, 1.807) is 0 Å². The van der Waals surface area contributed by atoms with Gasteiger partial charge in [0.25, 0.3) is 5.91 Å². The lowest BCUT2D eigenvalue weighted by Crippen LogP contribution is -2.31. The molecule has 0 spiro atoms. The minimum absolute atomic E-state index is 0. The number of para-hydroxylation sites is 1. The lowest BCUT2D eigenvalue weighted by atomic mass is 10.1. The molecule has 5 nitrogen and oxygen atoms in total. The van der Waals surface area contributed by atoms with Crippen molar-refractivity contribution in [3.63, 3.8) is 0 Å². The number of hydrogen-bond acceptors (Lipinski definition) is 3. The van der Waals surface area contributed by atoms with E-state index in [2.05, 4.69) is 15.5 Å². The number of rotatable bonds is 4. The van der Waals surface area contributed by atoms with Crippen molar-refractivity contribution in [2.24, 2.45) is 11.7 Å². The number of nitrogens with one attached hydrogen (secondary N) is 2. The van der Waals surface area contributed by atoms with Crippen LogP contribution in [0.15, 0.2) is 24.3 Å². The van der Waals surface area contributed by atoms with Gasteiger partial charge < -0.3 is 11.1 Å². The maximum atomic E-state index is 11.9. The Kier molecular flexibility index (Phi) is 5.12. The van der Waals surface area contributed by atoms with Crippen LogP contribution in [0.3, 0.4) is 0 Å². The van der Waals surface area contributed by atoms with Crippen LogP contribution in [0.5, 0.6) is 0 Å². The number of fused-ring (bicyclic) bond motifs is 1. The number of halogens is 1. The van der Waals surface area contributed by atoms with Gasteiger partial charge in [0.15, 0.2) is 5.69 Å². The second-order valence-corrected chi connectivity index (χ2v) is 4.17. The Bertz CT molecular complexity index is 526. The predicted molar refractivity (Wildman–Crippen MR) is 73.9 cm³/mol. The number of nitrogens with two attached hydrogens (primary N) is 1. The van der Waals surface area contributed by atoms with Crippen molar-refractivity contribution in [1.82, 2.24) is 15.5 Å². The van der Waals surface area contributed by atoms with Crippen molar-refractivity contribution in [2.75, 3.05) is 13.1 Å². The summed E-state index contributed by atoms with van der Waals surface area (Å²) in [6.45, 7) is 3.11. The third-order valence-corrected chi connectivity index (χ3v) is 2.70. The zero-order valence-electron chi connectivity index (χ0n) is 10.1. The molecular formula is C12H17ClN4O. The summed E-state index contributed by atoms with van der Waals surface area (Å²) >= 11 is 0. The van der Waals surface area contributed by atoms with Crippen LogP contribution in [0.1, 0.15) is 17.4 Å². The van der Waals surface area contributed by atoms with Crippen molar-refractivity contribution in [3.05, 3.63) is 30.0 Å². The van der Waals surface area contributed by atoms with E-state index in [9.17, 15) is 4.79 Å². The standard InChI is InChI=1S/C12H16N4O.ClH/c1-8(6-13)7-14-12(17)11-9-4-2-3-5-10(9)15-16-11;/h2-5,8H,6-7,13H2,1H3,(H,14,17)(H,15,16);1H. The Hall–Kier alpha value is -1.59. The Morgan fingerprint density at radius 2 is 2.22 bits per heavy atom. The van der Waals surface area contributed by atoms with Gasteiger partial charge in [0.1, 0.15) is 0 Å². The number of aromatic amines is 1. The van der Waals surface area contributed by atoms with Gasteiger partial charge in [0.2, 0.25) is 0 Å². The minimum atomic E-state index is -0.164. The molecule has 1 aromatic heterocycles. The molecule has 1 heterocycles. The molecule has 1 atom stereocenters. The fraction of sp³-hybridized carbons (Fsp3) is 0.333. The molecular weight excluding hydrogens is 252 g/mol. The lowest BCUT2D eigenvalue weighted by molar-refractivity contribution is 0.0945. The molecule has 0 saturated heterocycles. The summed E-state index contributed by atoms with van der Waals surface area (Å²) in [5, 5.41) is 10.5. The summed E-state index contributed by atoms with van der Waals surface area (Å²) in [6.07, 6.45) is 0. The van der Waals surface area contributed by atoms with E-state index in [1.807, 2.05) is 31.2 Å². The molecule has 0 radical (unpaired) electrons. The molecule has 0 aliphatic rings. The van der Waals surface area contributed by atoms with E-state index in [0.717, 1.165) is 10.9 Å². The number of hydrogen-bond donors (Lipinski definition) is 3. The Morgan fingerprint density at radius 1 is 1.50 bits per heavy atom. The average molecular weight is 269 g/mol. The van der Waals surface area contributed by atoms with Crippen LogP contribution in [0, 0.1) is 5.92 Å². The monoisotopic (exact) mass is 268 g/mol. The third kappa shape index (κ3) is 3.00. The van der Waals surface area contributed by atoms with Crippen molar-refractivity contribution < 1.29 is 4.79 Å². The fourth-order valence-electron chi connectivity index (χ4n) is 1.57. The van der Waals surface area contributed by atoms with Crippen LogP contribution in [-0.2, 0) is 0 Å². The van der Waals surface area contributed by atoms with E-state index in [1.165, 1.54) is 0 Å². The predicted octanol–water partition coefficient (Wildman–Crippen LogP) is 1.31. The SMILES string of the molecule is CC(CN)CNC(=O)c1n[nH]c2ccccc12.Cl. The molecule has 1 unspecified atom stereocenters. The van der Waals surface area contributed by atoms with Crippen LogP contribution in [-0.4, -0.2) is 29.2 Å². The third-order valence-electron chi connectivity index (χ3n) is 2.70. The molecule has 98 valence electrons. The van der Waals surface area contributed by atoms with Gasteiger partial charge >= 0.3 is 0 Å². The maximum Gasteiger partial charge on any atom is 0.272 e. The summed E-state index contributed by atoms with van der Waals surface area (Å²) < 4.78 is 0. The van der Waals surface area contributed by atoms with Crippen LogP contribution in [0.25, 0.3) is 10.9 Å². The molecule has 18 heavy (non-hydrogen) atoms. The van der Waals surface area contributed by atoms with Crippen LogP contribution < -0.4 is 11.1 Å². The first-order valence-electron chi connectivity index (χ1n) is 5.63. The first-order valence-corrected chi connectivity index (χ1v) is 5.63. The van der Waals surface area contributed by atoms with Crippen molar-refractivity contribution in [1.29, 1.82) is 0 Å². The molecule has 6 heteroatoms. The highest BCUT2D eigenvalue weighted by molar-refractivity contribution is 6.04. The molecule has 0 aliphatic heterocycles. The number of H-pyrrole nitrogens is 1. The molecule has 2 aromatic rings. The average Bonchev–Trinajstić information content (AvgIpc) is 2.79. The van der Waals surface area contributed by atoms with Gasteiger partial charge in [-0.25, -0.2) is 0 Å². The summed E-state index contributed by atoms with van der Waals surface area (Å²) in [4.78, 5) is 11.9. The number of aromatic nitrogens is 2. The first kappa shape index (κ1) is 14.5. The molecule has 0 bridgehead atoms. The van der Waals surface area contributed by atoms with Crippen molar-refractivity contribution in [2.45, 2.75) is 6.92 Å². The van der Waals surface area contributed by atoms with E-state index < -0.39 is 0 Å². The molecule has 0 aliphatic carbocycles. The summed E-state index contributed by atoms with van der Waals surface area (Å²) in [6, 6.07) is 7.55.